The number of esters is 1. The molecule has 2 atom stereocenters. The molecule has 0 saturated heterocycles. The maximum atomic E-state index is 13.1. The van der Waals surface area contributed by atoms with E-state index in [-0.39, 0.29) is 0 Å². The van der Waals surface area contributed by atoms with Gasteiger partial charge in [0.05, 0.1) is 16.8 Å². The molecule has 2 aromatic carbocycles. The number of carbonyl (C=O) groups excluding carboxylic acids is 1. The SMILES string of the molecule is C[C@H]1C/C(=C\c2ccccc2)c2nc3ccccc3c(C(=O)O[C@H](C)C#N)c2C1. The summed E-state index contributed by atoms with van der Waals surface area (Å²) in [6.07, 6.45) is 3.01. The molecule has 4 rings (SSSR count). The minimum atomic E-state index is -0.801. The van der Waals surface area contributed by atoms with Gasteiger partial charge in [-0.25, -0.2) is 9.78 Å². The molecule has 0 N–H and O–H groups in total. The molecule has 0 bridgehead atoms. The Morgan fingerprint density at radius 2 is 1.90 bits per heavy atom. The van der Waals surface area contributed by atoms with E-state index in [0.717, 1.165) is 46.1 Å². The third-order valence-electron chi connectivity index (χ3n) is 5.23. The first-order chi connectivity index (χ1) is 14.1. The second-order valence-corrected chi connectivity index (χ2v) is 7.60. The van der Waals surface area contributed by atoms with Crippen LogP contribution in [0.2, 0.25) is 0 Å². The van der Waals surface area contributed by atoms with Gasteiger partial charge in [0.15, 0.2) is 6.10 Å². The molecular formula is C25H22N2O2. The summed E-state index contributed by atoms with van der Waals surface area (Å²) in [6, 6.07) is 19.8. The van der Waals surface area contributed by atoms with Crippen LogP contribution in [-0.2, 0) is 11.2 Å². The fourth-order valence-electron chi connectivity index (χ4n) is 3.97. The third kappa shape index (κ3) is 3.77. The minimum absolute atomic E-state index is 0.375. The van der Waals surface area contributed by atoms with Crippen molar-refractivity contribution in [2.24, 2.45) is 5.92 Å². The molecular weight excluding hydrogens is 360 g/mol. The lowest BCUT2D eigenvalue weighted by atomic mass is 9.80. The van der Waals surface area contributed by atoms with Crippen LogP contribution in [0.1, 0.15) is 47.4 Å². The molecule has 0 aliphatic heterocycles. The molecule has 1 aliphatic rings. The van der Waals surface area contributed by atoms with Crippen molar-refractivity contribution in [1.82, 2.24) is 4.98 Å². The van der Waals surface area contributed by atoms with E-state index < -0.39 is 12.1 Å². The van der Waals surface area contributed by atoms with Crippen molar-refractivity contribution < 1.29 is 9.53 Å². The summed E-state index contributed by atoms with van der Waals surface area (Å²) in [7, 11) is 0. The van der Waals surface area contributed by atoms with Crippen molar-refractivity contribution in [3.63, 3.8) is 0 Å². The van der Waals surface area contributed by atoms with Gasteiger partial charge in [-0.15, -0.1) is 0 Å². The summed E-state index contributed by atoms with van der Waals surface area (Å²) in [5.74, 6) is -0.0811. The lowest BCUT2D eigenvalue weighted by molar-refractivity contribution is 0.0436. The number of carbonyl (C=O) groups is 1. The highest BCUT2D eigenvalue weighted by Crippen LogP contribution is 2.38. The normalized spacial score (nSPS) is 18.1. The molecule has 4 nitrogen and oxygen atoms in total. The first-order valence-electron chi connectivity index (χ1n) is 9.85. The van der Waals surface area contributed by atoms with Crippen molar-refractivity contribution >= 4 is 28.5 Å². The van der Waals surface area contributed by atoms with Gasteiger partial charge in [0.25, 0.3) is 0 Å². The summed E-state index contributed by atoms with van der Waals surface area (Å²) < 4.78 is 5.40. The fraction of sp³-hybridized carbons (Fsp3) is 0.240. The molecule has 0 fully saturated rings. The average Bonchev–Trinajstić information content (AvgIpc) is 2.72. The first-order valence-corrected chi connectivity index (χ1v) is 9.85. The van der Waals surface area contributed by atoms with Crippen LogP contribution < -0.4 is 0 Å². The zero-order valence-electron chi connectivity index (χ0n) is 16.6. The van der Waals surface area contributed by atoms with Gasteiger partial charge in [-0.2, -0.15) is 5.26 Å². The Balaban J connectivity index is 1.94. The van der Waals surface area contributed by atoms with Crippen LogP contribution in [0.5, 0.6) is 0 Å². The monoisotopic (exact) mass is 382 g/mol. The number of ether oxygens (including phenoxy) is 1. The molecule has 0 radical (unpaired) electrons. The predicted molar refractivity (Wildman–Crippen MR) is 114 cm³/mol. The van der Waals surface area contributed by atoms with E-state index in [9.17, 15) is 4.79 Å². The largest absolute Gasteiger partial charge is 0.444 e. The van der Waals surface area contributed by atoms with Gasteiger partial charge in [0, 0.05) is 5.39 Å². The lowest BCUT2D eigenvalue weighted by Gasteiger charge is -2.26. The number of allylic oxidation sites excluding steroid dienone is 1. The Bertz CT molecular complexity index is 1140. The molecule has 29 heavy (non-hydrogen) atoms. The van der Waals surface area contributed by atoms with Gasteiger partial charge in [-0.1, -0.05) is 55.5 Å². The van der Waals surface area contributed by atoms with Gasteiger partial charge >= 0.3 is 5.97 Å². The summed E-state index contributed by atoms with van der Waals surface area (Å²) >= 11 is 0. The molecule has 0 spiro atoms. The summed E-state index contributed by atoms with van der Waals surface area (Å²) in [4.78, 5) is 18.0. The number of fused-ring (bicyclic) bond motifs is 2. The Labute approximate surface area is 170 Å². The Hall–Kier alpha value is -3.45. The number of benzene rings is 2. The number of nitrogens with zero attached hydrogens (tertiary/aromatic N) is 2. The van der Waals surface area contributed by atoms with E-state index in [1.54, 1.807) is 6.92 Å². The maximum Gasteiger partial charge on any atom is 0.340 e. The van der Waals surface area contributed by atoms with Crippen LogP contribution in [0.3, 0.4) is 0 Å². The smallest absolute Gasteiger partial charge is 0.340 e. The van der Waals surface area contributed by atoms with E-state index in [1.807, 2.05) is 48.5 Å². The topological polar surface area (TPSA) is 63.0 Å². The van der Waals surface area contributed by atoms with Crippen molar-refractivity contribution in [2.75, 3.05) is 0 Å². The van der Waals surface area contributed by atoms with E-state index >= 15 is 0 Å². The van der Waals surface area contributed by atoms with Gasteiger partial charge in [0.2, 0.25) is 0 Å². The fourth-order valence-corrected chi connectivity index (χ4v) is 3.97. The van der Waals surface area contributed by atoms with Gasteiger partial charge in [-0.3, -0.25) is 0 Å². The van der Waals surface area contributed by atoms with Crippen LogP contribution in [0.15, 0.2) is 54.6 Å². The summed E-state index contributed by atoms with van der Waals surface area (Å²) in [6.45, 7) is 3.76. The Kier molecular flexibility index (Phi) is 5.14. The molecule has 3 aromatic rings. The van der Waals surface area contributed by atoms with Crippen LogP contribution in [0.4, 0.5) is 0 Å². The van der Waals surface area contributed by atoms with Gasteiger partial charge in [-0.05, 0) is 54.5 Å². The quantitative estimate of drug-likeness (QED) is 0.567. The number of rotatable bonds is 3. The highest BCUT2D eigenvalue weighted by atomic mass is 16.5. The molecule has 0 saturated carbocycles. The van der Waals surface area contributed by atoms with E-state index in [1.165, 1.54) is 0 Å². The highest BCUT2D eigenvalue weighted by molar-refractivity contribution is 6.06. The van der Waals surface area contributed by atoms with E-state index in [4.69, 9.17) is 15.0 Å². The summed E-state index contributed by atoms with van der Waals surface area (Å²) in [5.41, 5.74) is 5.31. The predicted octanol–water partition coefficient (Wildman–Crippen LogP) is 5.43. The maximum absolute atomic E-state index is 13.1. The Morgan fingerprint density at radius 3 is 2.66 bits per heavy atom. The highest BCUT2D eigenvalue weighted by Gasteiger charge is 2.29. The van der Waals surface area contributed by atoms with Crippen molar-refractivity contribution in [1.29, 1.82) is 5.26 Å². The molecule has 1 aliphatic carbocycles. The number of hydrogen-bond acceptors (Lipinski definition) is 4. The molecule has 0 amide bonds. The molecule has 1 heterocycles. The number of pyridine rings is 1. The van der Waals surface area contributed by atoms with Crippen molar-refractivity contribution in [3.05, 3.63) is 77.0 Å². The van der Waals surface area contributed by atoms with Crippen LogP contribution in [0, 0.1) is 17.2 Å². The zero-order valence-corrected chi connectivity index (χ0v) is 16.6. The average molecular weight is 382 g/mol. The number of aromatic nitrogens is 1. The third-order valence-corrected chi connectivity index (χ3v) is 5.23. The summed E-state index contributed by atoms with van der Waals surface area (Å²) in [5, 5.41) is 9.85. The molecule has 1 aromatic heterocycles. The number of para-hydroxylation sites is 1. The molecule has 0 unspecified atom stereocenters. The standard InChI is InChI=1S/C25H22N2O2/c1-16-12-19(14-18-8-4-3-5-9-18)24-21(13-16)23(25(28)29-17(2)15-26)20-10-6-7-11-22(20)27-24/h3-11,14,16-17H,12-13H2,1-2H3/b19-14+/t16-,17+/m0/s1. The van der Waals surface area contributed by atoms with Gasteiger partial charge < -0.3 is 4.74 Å². The van der Waals surface area contributed by atoms with Crippen LogP contribution in [-0.4, -0.2) is 17.1 Å². The Morgan fingerprint density at radius 1 is 1.17 bits per heavy atom. The second kappa shape index (κ2) is 7.89. The van der Waals surface area contributed by atoms with E-state index in [0.29, 0.717) is 11.5 Å². The lowest BCUT2D eigenvalue weighted by Crippen LogP contribution is -2.21. The second-order valence-electron chi connectivity index (χ2n) is 7.60. The van der Waals surface area contributed by atoms with E-state index in [2.05, 4.69) is 25.1 Å². The molecule has 4 heteroatoms. The van der Waals surface area contributed by atoms with Crippen LogP contribution >= 0.6 is 0 Å². The van der Waals surface area contributed by atoms with Crippen molar-refractivity contribution in [2.45, 2.75) is 32.8 Å². The zero-order chi connectivity index (χ0) is 20.4. The number of hydrogen-bond donors (Lipinski definition) is 0. The first kappa shape index (κ1) is 18.9. The van der Waals surface area contributed by atoms with Gasteiger partial charge in [0.1, 0.15) is 6.07 Å². The number of nitriles is 1. The molecule has 144 valence electrons. The van der Waals surface area contributed by atoms with Crippen LogP contribution in [0.25, 0.3) is 22.6 Å². The van der Waals surface area contributed by atoms with Crippen molar-refractivity contribution in [3.8, 4) is 6.07 Å². The minimum Gasteiger partial charge on any atom is -0.444 e.